The molecule has 0 saturated heterocycles. The third-order valence-corrected chi connectivity index (χ3v) is 1.87. The zero-order valence-electron chi connectivity index (χ0n) is 8.21. The van der Waals surface area contributed by atoms with Gasteiger partial charge in [-0.2, -0.15) is 13.2 Å². The summed E-state index contributed by atoms with van der Waals surface area (Å²) in [6.07, 6.45) is -5.11. The largest absolute Gasteiger partial charge is 0.478 e. The number of aromatic carboxylic acids is 1. The molecule has 0 unspecified atom stereocenters. The van der Waals surface area contributed by atoms with Gasteiger partial charge in [-0.1, -0.05) is 0 Å². The molecule has 0 radical (unpaired) electrons. The number of anilines is 1. The molecule has 6 heteroatoms. The normalized spacial score (nSPS) is 11.2. The molecule has 0 heterocycles. The molecule has 0 saturated carbocycles. The monoisotopic (exact) mass is 233 g/mol. The molecule has 88 valence electrons. The number of carbonyl (C=O) groups is 1. The summed E-state index contributed by atoms with van der Waals surface area (Å²) in [5.41, 5.74) is 0.565. The van der Waals surface area contributed by atoms with Gasteiger partial charge in [0.1, 0.15) is 0 Å². The molecule has 0 aliphatic heterocycles. The van der Waals surface area contributed by atoms with Crippen molar-refractivity contribution in [3.8, 4) is 0 Å². The number of alkyl halides is 3. The average Bonchev–Trinajstić information content (AvgIpc) is 2.16. The Morgan fingerprint density at radius 2 is 1.81 bits per heavy atom. The number of hydrogen-bond donors (Lipinski definition) is 2. The minimum Gasteiger partial charge on any atom is -0.478 e. The molecule has 0 atom stereocenters. The molecule has 1 rings (SSSR count). The summed E-state index contributed by atoms with van der Waals surface area (Å²) in [5, 5.41) is 11.1. The summed E-state index contributed by atoms with van der Waals surface area (Å²) in [4.78, 5) is 10.5. The van der Waals surface area contributed by atoms with Gasteiger partial charge in [0, 0.05) is 12.2 Å². The minimum absolute atomic E-state index is 0.0985. The predicted octanol–water partition coefficient (Wildman–Crippen LogP) is 2.75. The van der Waals surface area contributed by atoms with Crippen molar-refractivity contribution in [3.05, 3.63) is 29.8 Å². The molecule has 0 aliphatic carbocycles. The first-order valence-electron chi connectivity index (χ1n) is 4.52. The zero-order valence-corrected chi connectivity index (χ0v) is 8.21. The van der Waals surface area contributed by atoms with Gasteiger partial charge in [0.25, 0.3) is 0 Å². The van der Waals surface area contributed by atoms with E-state index in [1.54, 1.807) is 0 Å². The van der Waals surface area contributed by atoms with Crippen molar-refractivity contribution in [1.82, 2.24) is 0 Å². The second-order valence-corrected chi connectivity index (χ2v) is 3.17. The third kappa shape index (κ3) is 4.20. The first-order chi connectivity index (χ1) is 7.38. The van der Waals surface area contributed by atoms with Crippen molar-refractivity contribution in [3.63, 3.8) is 0 Å². The van der Waals surface area contributed by atoms with Crippen LogP contribution in [0.2, 0.25) is 0 Å². The zero-order chi connectivity index (χ0) is 12.2. The highest BCUT2D eigenvalue weighted by Crippen LogP contribution is 2.19. The fourth-order valence-electron chi connectivity index (χ4n) is 1.08. The lowest BCUT2D eigenvalue weighted by atomic mass is 10.2. The highest BCUT2D eigenvalue weighted by atomic mass is 19.4. The predicted molar refractivity (Wildman–Crippen MR) is 52.6 cm³/mol. The molecule has 0 aromatic heterocycles. The summed E-state index contributed by atoms with van der Waals surface area (Å²) in [7, 11) is 0. The van der Waals surface area contributed by atoms with Gasteiger partial charge in [-0.15, -0.1) is 0 Å². The van der Waals surface area contributed by atoms with Crippen LogP contribution < -0.4 is 5.32 Å². The van der Waals surface area contributed by atoms with Gasteiger partial charge < -0.3 is 10.4 Å². The van der Waals surface area contributed by atoms with Crippen LogP contribution in [0.15, 0.2) is 24.3 Å². The second-order valence-electron chi connectivity index (χ2n) is 3.17. The van der Waals surface area contributed by atoms with E-state index in [4.69, 9.17) is 5.11 Å². The van der Waals surface area contributed by atoms with Crippen molar-refractivity contribution >= 4 is 11.7 Å². The number of benzene rings is 1. The van der Waals surface area contributed by atoms with Crippen LogP contribution in [-0.4, -0.2) is 23.8 Å². The van der Waals surface area contributed by atoms with Crippen molar-refractivity contribution in [2.24, 2.45) is 0 Å². The Labute approximate surface area is 89.9 Å². The van der Waals surface area contributed by atoms with E-state index in [1.807, 2.05) is 0 Å². The van der Waals surface area contributed by atoms with Crippen LogP contribution in [-0.2, 0) is 0 Å². The van der Waals surface area contributed by atoms with E-state index >= 15 is 0 Å². The number of hydrogen-bond acceptors (Lipinski definition) is 2. The van der Waals surface area contributed by atoms with Crippen LogP contribution in [0.3, 0.4) is 0 Å². The fourth-order valence-corrected chi connectivity index (χ4v) is 1.08. The lowest BCUT2D eigenvalue weighted by Crippen LogP contribution is -2.14. The van der Waals surface area contributed by atoms with Gasteiger partial charge in [-0.25, -0.2) is 4.79 Å². The van der Waals surface area contributed by atoms with Gasteiger partial charge in [0.2, 0.25) is 0 Å². The van der Waals surface area contributed by atoms with E-state index in [2.05, 4.69) is 5.32 Å². The van der Waals surface area contributed by atoms with Crippen LogP contribution in [0.5, 0.6) is 0 Å². The van der Waals surface area contributed by atoms with E-state index in [1.165, 1.54) is 24.3 Å². The molecule has 1 aromatic carbocycles. The van der Waals surface area contributed by atoms with Crippen LogP contribution in [0, 0.1) is 0 Å². The van der Waals surface area contributed by atoms with Crippen molar-refractivity contribution in [2.45, 2.75) is 12.6 Å². The molecule has 0 fully saturated rings. The lowest BCUT2D eigenvalue weighted by Gasteiger charge is -2.08. The Morgan fingerprint density at radius 3 is 2.25 bits per heavy atom. The van der Waals surface area contributed by atoms with Crippen LogP contribution >= 0.6 is 0 Å². The molecule has 0 amide bonds. The molecule has 16 heavy (non-hydrogen) atoms. The average molecular weight is 233 g/mol. The van der Waals surface area contributed by atoms with Gasteiger partial charge in [0.15, 0.2) is 0 Å². The Kier molecular flexibility index (Phi) is 3.76. The Bertz CT molecular complexity index is 359. The molecule has 1 aromatic rings. The molecule has 0 aliphatic rings. The Hall–Kier alpha value is -1.72. The SMILES string of the molecule is O=C(O)c1ccc(NCCC(F)(F)F)cc1. The number of carboxylic acids is 1. The van der Waals surface area contributed by atoms with Gasteiger partial charge >= 0.3 is 12.1 Å². The van der Waals surface area contributed by atoms with Crippen molar-refractivity contribution in [1.29, 1.82) is 0 Å². The van der Waals surface area contributed by atoms with Gasteiger partial charge in [0.05, 0.1) is 12.0 Å². The maximum Gasteiger partial charge on any atom is 0.390 e. The lowest BCUT2D eigenvalue weighted by molar-refractivity contribution is -0.131. The van der Waals surface area contributed by atoms with E-state index < -0.39 is 18.6 Å². The van der Waals surface area contributed by atoms with Crippen LogP contribution in [0.1, 0.15) is 16.8 Å². The number of rotatable bonds is 4. The van der Waals surface area contributed by atoms with Crippen LogP contribution in [0.4, 0.5) is 18.9 Å². The maximum atomic E-state index is 11.8. The van der Waals surface area contributed by atoms with E-state index in [9.17, 15) is 18.0 Å². The first-order valence-corrected chi connectivity index (χ1v) is 4.52. The molecular formula is C10H10F3NO2. The third-order valence-electron chi connectivity index (χ3n) is 1.87. The number of nitrogens with one attached hydrogen (secondary N) is 1. The summed E-state index contributed by atoms with van der Waals surface area (Å²) < 4.78 is 35.4. The number of halogens is 3. The first kappa shape index (κ1) is 12.4. The van der Waals surface area contributed by atoms with Gasteiger partial charge in [-0.3, -0.25) is 0 Å². The summed E-state index contributed by atoms with van der Waals surface area (Å²) >= 11 is 0. The smallest absolute Gasteiger partial charge is 0.390 e. The highest BCUT2D eigenvalue weighted by Gasteiger charge is 2.25. The standard InChI is InChI=1S/C10H10F3NO2/c11-10(12,13)5-6-14-8-3-1-7(2-4-8)9(15)16/h1-4,14H,5-6H2,(H,15,16). The summed E-state index contributed by atoms with van der Waals surface area (Å²) in [5.74, 6) is -1.07. The summed E-state index contributed by atoms with van der Waals surface area (Å²) in [6.45, 7) is -0.226. The number of carboxylic acid groups (broad SMARTS) is 1. The fraction of sp³-hybridized carbons (Fsp3) is 0.300. The molecule has 0 bridgehead atoms. The maximum absolute atomic E-state index is 11.8. The minimum atomic E-state index is -4.19. The van der Waals surface area contributed by atoms with Gasteiger partial charge in [-0.05, 0) is 24.3 Å². The quantitative estimate of drug-likeness (QED) is 0.840. The Balaban J connectivity index is 2.47. The summed E-state index contributed by atoms with van der Waals surface area (Å²) in [6, 6.07) is 5.52. The topological polar surface area (TPSA) is 49.3 Å². The molecule has 3 nitrogen and oxygen atoms in total. The van der Waals surface area contributed by atoms with Crippen LogP contribution in [0.25, 0.3) is 0 Å². The molecule has 0 spiro atoms. The van der Waals surface area contributed by atoms with E-state index in [-0.39, 0.29) is 12.1 Å². The van der Waals surface area contributed by atoms with E-state index in [0.717, 1.165) is 0 Å². The Morgan fingerprint density at radius 1 is 1.25 bits per heavy atom. The van der Waals surface area contributed by atoms with E-state index in [0.29, 0.717) is 5.69 Å². The highest BCUT2D eigenvalue weighted by molar-refractivity contribution is 5.87. The molecular weight excluding hydrogens is 223 g/mol. The van der Waals surface area contributed by atoms with Crippen molar-refractivity contribution < 1.29 is 23.1 Å². The second kappa shape index (κ2) is 4.87. The van der Waals surface area contributed by atoms with Crippen molar-refractivity contribution in [2.75, 3.05) is 11.9 Å². The molecule has 2 N–H and O–H groups in total.